The summed E-state index contributed by atoms with van der Waals surface area (Å²) in [5, 5.41) is 0. The molecule has 0 fully saturated rings. The zero-order valence-electron chi connectivity index (χ0n) is 8.51. The van der Waals surface area contributed by atoms with Gasteiger partial charge in [-0.1, -0.05) is 0 Å². The van der Waals surface area contributed by atoms with Crippen molar-refractivity contribution in [2.45, 2.75) is 0 Å². The van der Waals surface area contributed by atoms with Crippen LogP contribution in [0.1, 0.15) is 0 Å². The predicted octanol–water partition coefficient (Wildman–Crippen LogP) is 1.35. The first kappa shape index (κ1) is 10.3. The van der Waals surface area contributed by atoms with Crippen molar-refractivity contribution < 1.29 is 4.74 Å². The van der Waals surface area contributed by atoms with E-state index in [1.54, 1.807) is 7.11 Å². The van der Waals surface area contributed by atoms with Gasteiger partial charge in [-0.3, -0.25) is 0 Å². The average Bonchev–Trinajstić information content (AvgIpc) is 2.31. The maximum atomic E-state index is 5.33. The number of benzene rings is 2. The van der Waals surface area contributed by atoms with Gasteiger partial charge in [-0.05, 0) is 0 Å². The number of ether oxygens (including phenoxy) is 1. The minimum atomic E-state index is 0.327. The Labute approximate surface area is 96.2 Å². The summed E-state index contributed by atoms with van der Waals surface area (Å²) in [5.41, 5.74) is 0. The molecule has 2 aromatic carbocycles. The summed E-state index contributed by atoms with van der Waals surface area (Å²) in [4.78, 5) is 0. The summed E-state index contributed by atoms with van der Waals surface area (Å²) in [7, 11) is 1.72. The van der Waals surface area contributed by atoms with Gasteiger partial charge in [0.15, 0.2) is 0 Å². The van der Waals surface area contributed by atoms with E-state index in [1.807, 2.05) is 18.2 Å². The molecule has 15 heavy (non-hydrogen) atoms. The van der Waals surface area contributed by atoms with E-state index in [1.165, 1.54) is 8.92 Å². The predicted molar refractivity (Wildman–Crippen MR) is 64.5 cm³/mol. The summed E-state index contributed by atoms with van der Waals surface area (Å²) < 4.78 is 7.99. The van der Waals surface area contributed by atoms with Crippen molar-refractivity contribution in [2.24, 2.45) is 0 Å². The maximum absolute atomic E-state index is 5.33. The third kappa shape index (κ3) is 2.62. The Morgan fingerprint density at radius 3 is 2.27 bits per heavy atom. The van der Waals surface area contributed by atoms with Crippen LogP contribution in [-0.2, 0) is 0 Å². The molecule has 1 nitrogen and oxygen atoms in total. The van der Waals surface area contributed by atoms with E-state index in [4.69, 9.17) is 4.74 Å². The fraction of sp³-hybridized carbons (Fsp3) is 0.0769. The molecular formula is C13H12OSe. The molecular weight excluding hydrogens is 251 g/mol. The van der Waals surface area contributed by atoms with Gasteiger partial charge in [0, 0.05) is 0 Å². The van der Waals surface area contributed by atoms with Gasteiger partial charge in [-0.2, -0.15) is 0 Å². The second kappa shape index (κ2) is 5.01. The van der Waals surface area contributed by atoms with Crippen molar-refractivity contribution in [3.05, 3.63) is 54.6 Å². The number of hydrogen-bond donors (Lipinski definition) is 0. The Balaban J connectivity index is 2.24. The zero-order chi connectivity index (χ0) is 10.5. The Hall–Kier alpha value is -1.24. The van der Waals surface area contributed by atoms with E-state index in [0.717, 1.165) is 5.75 Å². The van der Waals surface area contributed by atoms with Gasteiger partial charge in [0.1, 0.15) is 0 Å². The molecule has 0 atom stereocenters. The fourth-order valence-electron chi connectivity index (χ4n) is 1.32. The van der Waals surface area contributed by atoms with Crippen molar-refractivity contribution in [1.82, 2.24) is 0 Å². The van der Waals surface area contributed by atoms with Crippen molar-refractivity contribution in [2.75, 3.05) is 7.11 Å². The first-order valence-electron chi connectivity index (χ1n) is 4.76. The zero-order valence-corrected chi connectivity index (χ0v) is 10.2. The number of rotatable bonds is 3. The first-order valence-corrected chi connectivity index (χ1v) is 6.47. The quantitative estimate of drug-likeness (QED) is 0.760. The second-order valence-corrected chi connectivity index (χ2v) is 5.41. The van der Waals surface area contributed by atoms with E-state index in [9.17, 15) is 0 Å². The molecule has 0 unspecified atom stereocenters. The molecule has 0 aliphatic heterocycles. The van der Waals surface area contributed by atoms with Gasteiger partial charge in [-0.15, -0.1) is 0 Å². The summed E-state index contributed by atoms with van der Waals surface area (Å²) in [6.45, 7) is 0. The molecule has 0 aliphatic rings. The summed E-state index contributed by atoms with van der Waals surface area (Å²) in [6.07, 6.45) is 0. The van der Waals surface area contributed by atoms with Crippen LogP contribution in [0, 0.1) is 0 Å². The van der Waals surface area contributed by atoms with Crippen molar-refractivity contribution >= 4 is 23.9 Å². The van der Waals surface area contributed by atoms with Crippen LogP contribution in [0.2, 0.25) is 0 Å². The van der Waals surface area contributed by atoms with E-state index < -0.39 is 0 Å². The topological polar surface area (TPSA) is 9.23 Å². The van der Waals surface area contributed by atoms with Crippen molar-refractivity contribution in [3.63, 3.8) is 0 Å². The molecule has 0 amide bonds. The molecule has 0 saturated carbocycles. The van der Waals surface area contributed by atoms with Gasteiger partial charge >= 0.3 is 96.1 Å². The molecule has 76 valence electrons. The summed E-state index contributed by atoms with van der Waals surface area (Å²) in [5.74, 6) is 0.987. The minimum absolute atomic E-state index is 0.327. The standard InChI is InChI=1S/C13H12OSe/c1-14-12-9-5-6-10-13(12)15-11-7-3-2-4-8-11/h2-10H,1H3. The van der Waals surface area contributed by atoms with Crippen LogP contribution in [0.4, 0.5) is 0 Å². The van der Waals surface area contributed by atoms with E-state index in [0.29, 0.717) is 15.0 Å². The van der Waals surface area contributed by atoms with Crippen LogP contribution in [0.25, 0.3) is 0 Å². The molecule has 0 saturated heterocycles. The van der Waals surface area contributed by atoms with Crippen LogP contribution in [0.15, 0.2) is 54.6 Å². The van der Waals surface area contributed by atoms with Gasteiger partial charge in [0.2, 0.25) is 0 Å². The van der Waals surface area contributed by atoms with E-state index in [2.05, 4.69) is 36.4 Å². The van der Waals surface area contributed by atoms with Crippen molar-refractivity contribution in [1.29, 1.82) is 0 Å². The monoisotopic (exact) mass is 264 g/mol. The molecule has 0 aromatic heterocycles. The van der Waals surface area contributed by atoms with Crippen LogP contribution < -0.4 is 13.7 Å². The number of para-hydroxylation sites is 1. The average molecular weight is 263 g/mol. The van der Waals surface area contributed by atoms with Crippen LogP contribution in [0.3, 0.4) is 0 Å². The molecule has 0 spiro atoms. The number of hydrogen-bond acceptors (Lipinski definition) is 1. The second-order valence-electron chi connectivity index (χ2n) is 3.07. The van der Waals surface area contributed by atoms with Gasteiger partial charge in [0.05, 0.1) is 0 Å². The molecule has 0 aliphatic carbocycles. The molecule has 2 aromatic rings. The molecule has 0 N–H and O–H groups in total. The Kier molecular flexibility index (Phi) is 3.44. The molecule has 2 heteroatoms. The van der Waals surface area contributed by atoms with E-state index in [-0.39, 0.29) is 0 Å². The van der Waals surface area contributed by atoms with Gasteiger partial charge in [0.25, 0.3) is 0 Å². The fourth-order valence-corrected chi connectivity index (χ4v) is 3.30. The Morgan fingerprint density at radius 2 is 1.53 bits per heavy atom. The third-order valence-corrected chi connectivity index (χ3v) is 4.27. The first-order chi connectivity index (χ1) is 7.40. The molecule has 0 bridgehead atoms. The normalized spacial score (nSPS) is 9.93. The van der Waals surface area contributed by atoms with Crippen LogP contribution in [0.5, 0.6) is 5.75 Å². The Morgan fingerprint density at radius 1 is 0.867 bits per heavy atom. The van der Waals surface area contributed by atoms with Crippen LogP contribution in [-0.4, -0.2) is 22.1 Å². The number of methoxy groups -OCH3 is 1. The molecule has 0 radical (unpaired) electrons. The molecule has 2 rings (SSSR count). The summed E-state index contributed by atoms with van der Waals surface area (Å²) >= 11 is 0.327. The van der Waals surface area contributed by atoms with Crippen LogP contribution >= 0.6 is 0 Å². The third-order valence-electron chi connectivity index (χ3n) is 2.04. The van der Waals surface area contributed by atoms with E-state index >= 15 is 0 Å². The van der Waals surface area contributed by atoms with Gasteiger partial charge in [-0.25, -0.2) is 0 Å². The summed E-state index contributed by atoms with van der Waals surface area (Å²) in [6, 6.07) is 18.7. The SMILES string of the molecule is COc1ccccc1[Se]c1ccccc1. The van der Waals surface area contributed by atoms with Crippen molar-refractivity contribution in [3.8, 4) is 5.75 Å². The van der Waals surface area contributed by atoms with Gasteiger partial charge < -0.3 is 0 Å². The Bertz CT molecular complexity index is 426. The molecule has 0 heterocycles.